The average molecular weight is 176 g/mol. The summed E-state index contributed by atoms with van der Waals surface area (Å²) in [6.07, 6.45) is 2.49. The Morgan fingerprint density at radius 1 is 1.31 bits per heavy atom. The molecule has 1 heteroatoms. The topological polar surface area (TPSA) is 9.23 Å². The molecule has 1 saturated heterocycles. The van der Waals surface area contributed by atoms with Crippen LogP contribution in [0.25, 0.3) is 0 Å². The van der Waals surface area contributed by atoms with Crippen LogP contribution in [0.5, 0.6) is 0 Å². The van der Waals surface area contributed by atoms with Crippen LogP contribution in [0.15, 0.2) is 24.3 Å². The minimum Gasteiger partial charge on any atom is -0.381 e. The molecule has 1 aromatic carbocycles. The second kappa shape index (κ2) is 3.93. The monoisotopic (exact) mass is 176 g/mol. The van der Waals surface area contributed by atoms with Crippen LogP contribution in [0.4, 0.5) is 0 Å². The Kier molecular flexibility index (Phi) is 2.65. The van der Waals surface area contributed by atoms with Gasteiger partial charge in [-0.2, -0.15) is 0 Å². The molecule has 0 saturated carbocycles. The molecule has 0 bridgehead atoms. The van der Waals surface area contributed by atoms with Crippen molar-refractivity contribution in [1.29, 1.82) is 0 Å². The minimum atomic E-state index is 0.634. The van der Waals surface area contributed by atoms with Crippen molar-refractivity contribution >= 4 is 0 Å². The first-order chi connectivity index (χ1) is 6.38. The molecule has 1 aromatic rings. The fourth-order valence-electron chi connectivity index (χ4n) is 2.03. The van der Waals surface area contributed by atoms with Crippen molar-refractivity contribution in [2.45, 2.75) is 25.7 Å². The molecular formula is C12H16O. The largest absolute Gasteiger partial charge is 0.381 e. The summed E-state index contributed by atoms with van der Waals surface area (Å²) in [6, 6.07) is 8.64. The Bertz CT molecular complexity index is 274. The maximum Gasteiger partial charge on any atom is 0.0534 e. The summed E-state index contributed by atoms with van der Waals surface area (Å²) in [5.41, 5.74) is 2.88. The van der Waals surface area contributed by atoms with Crippen LogP contribution in [0, 0.1) is 6.92 Å². The highest BCUT2D eigenvalue weighted by atomic mass is 16.5. The van der Waals surface area contributed by atoms with Crippen molar-refractivity contribution in [3.8, 4) is 0 Å². The van der Waals surface area contributed by atoms with Crippen molar-refractivity contribution in [2.24, 2.45) is 0 Å². The van der Waals surface area contributed by atoms with Gasteiger partial charge in [0.15, 0.2) is 0 Å². The van der Waals surface area contributed by atoms with E-state index in [0.29, 0.717) is 5.92 Å². The summed E-state index contributed by atoms with van der Waals surface area (Å²) >= 11 is 0. The molecule has 0 aromatic heterocycles. The van der Waals surface area contributed by atoms with Crippen molar-refractivity contribution < 1.29 is 4.74 Å². The van der Waals surface area contributed by atoms with Gasteiger partial charge in [0.05, 0.1) is 6.61 Å². The van der Waals surface area contributed by atoms with Gasteiger partial charge in [-0.15, -0.1) is 0 Å². The van der Waals surface area contributed by atoms with E-state index >= 15 is 0 Å². The van der Waals surface area contributed by atoms with E-state index in [0.717, 1.165) is 13.2 Å². The standard InChI is InChI=1S/C12H16O/c1-10-5-2-3-7-12(10)11-6-4-8-13-9-11/h2-3,5,7,11H,4,6,8-9H2,1H3. The number of rotatable bonds is 1. The van der Waals surface area contributed by atoms with Crippen LogP contribution in [0.2, 0.25) is 0 Å². The summed E-state index contributed by atoms with van der Waals surface area (Å²) < 4.78 is 5.49. The molecule has 0 radical (unpaired) electrons. The van der Waals surface area contributed by atoms with Crippen LogP contribution in [-0.4, -0.2) is 13.2 Å². The lowest BCUT2D eigenvalue weighted by molar-refractivity contribution is 0.0803. The number of benzene rings is 1. The van der Waals surface area contributed by atoms with E-state index in [2.05, 4.69) is 31.2 Å². The van der Waals surface area contributed by atoms with E-state index in [1.807, 2.05) is 0 Å². The highest BCUT2D eigenvalue weighted by molar-refractivity contribution is 5.29. The van der Waals surface area contributed by atoms with Crippen LogP contribution in [-0.2, 0) is 4.74 Å². The normalized spacial score (nSPS) is 23.0. The first-order valence-corrected chi connectivity index (χ1v) is 5.01. The van der Waals surface area contributed by atoms with Gasteiger partial charge in [0.1, 0.15) is 0 Å². The second-order valence-electron chi connectivity index (χ2n) is 3.77. The van der Waals surface area contributed by atoms with Crippen LogP contribution >= 0.6 is 0 Å². The van der Waals surface area contributed by atoms with E-state index in [9.17, 15) is 0 Å². The van der Waals surface area contributed by atoms with Crippen molar-refractivity contribution in [2.75, 3.05) is 13.2 Å². The van der Waals surface area contributed by atoms with Gasteiger partial charge in [-0.25, -0.2) is 0 Å². The van der Waals surface area contributed by atoms with Crippen LogP contribution in [0.3, 0.4) is 0 Å². The lowest BCUT2D eigenvalue weighted by Crippen LogP contribution is -2.16. The van der Waals surface area contributed by atoms with Crippen molar-refractivity contribution in [3.63, 3.8) is 0 Å². The van der Waals surface area contributed by atoms with Gasteiger partial charge in [-0.3, -0.25) is 0 Å². The van der Waals surface area contributed by atoms with E-state index < -0.39 is 0 Å². The molecule has 0 amide bonds. The zero-order chi connectivity index (χ0) is 9.10. The molecule has 1 fully saturated rings. The van der Waals surface area contributed by atoms with Gasteiger partial charge in [0.25, 0.3) is 0 Å². The fourth-order valence-corrected chi connectivity index (χ4v) is 2.03. The summed E-state index contributed by atoms with van der Waals surface area (Å²) in [5, 5.41) is 0. The maximum absolute atomic E-state index is 5.49. The quantitative estimate of drug-likeness (QED) is 0.639. The summed E-state index contributed by atoms with van der Waals surface area (Å²) in [5.74, 6) is 0.634. The van der Waals surface area contributed by atoms with E-state index in [1.54, 1.807) is 0 Å². The van der Waals surface area contributed by atoms with E-state index in [-0.39, 0.29) is 0 Å². The third-order valence-corrected chi connectivity index (χ3v) is 2.79. The average Bonchev–Trinajstić information content (AvgIpc) is 2.20. The van der Waals surface area contributed by atoms with Gasteiger partial charge in [0, 0.05) is 12.5 Å². The Balaban J connectivity index is 2.18. The molecule has 1 aliphatic heterocycles. The third-order valence-electron chi connectivity index (χ3n) is 2.79. The van der Waals surface area contributed by atoms with Gasteiger partial charge in [-0.1, -0.05) is 24.3 Å². The highest BCUT2D eigenvalue weighted by Gasteiger charge is 2.16. The molecule has 0 spiro atoms. The van der Waals surface area contributed by atoms with Gasteiger partial charge < -0.3 is 4.74 Å². The second-order valence-corrected chi connectivity index (χ2v) is 3.77. The van der Waals surface area contributed by atoms with E-state index in [4.69, 9.17) is 4.74 Å². The third kappa shape index (κ3) is 1.92. The molecule has 70 valence electrons. The molecule has 0 N–H and O–H groups in total. The molecule has 1 atom stereocenters. The first kappa shape index (κ1) is 8.76. The van der Waals surface area contributed by atoms with Gasteiger partial charge in [0.2, 0.25) is 0 Å². The fraction of sp³-hybridized carbons (Fsp3) is 0.500. The number of aryl methyl sites for hydroxylation is 1. The molecule has 1 heterocycles. The predicted octanol–water partition coefficient (Wildman–Crippen LogP) is 2.89. The summed E-state index contributed by atoms with van der Waals surface area (Å²) in [6.45, 7) is 4.04. The Morgan fingerprint density at radius 3 is 2.85 bits per heavy atom. The number of hydrogen-bond acceptors (Lipinski definition) is 1. The molecule has 1 unspecified atom stereocenters. The Hall–Kier alpha value is -0.820. The minimum absolute atomic E-state index is 0.634. The number of ether oxygens (including phenoxy) is 1. The SMILES string of the molecule is Cc1ccccc1C1CCCOC1. The van der Waals surface area contributed by atoms with Crippen LogP contribution in [0.1, 0.15) is 29.9 Å². The predicted molar refractivity (Wildman–Crippen MR) is 54.0 cm³/mol. The zero-order valence-corrected chi connectivity index (χ0v) is 8.12. The molecule has 13 heavy (non-hydrogen) atoms. The first-order valence-electron chi connectivity index (χ1n) is 5.01. The summed E-state index contributed by atoms with van der Waals surface area (Å²) in [4.78, 5) is 0. The lowest BCUT2D eigenvalue weighted by Gasteiger charge is -2.23. The van der Waals surface area contributed by atoms with Crippen LogP contribution < -0.4 is 0 Å². The molecule has 1 nitrogen and oxygen atoms in total. The Labute approximate surface area is 79.7 Å². The Morgan fingerprint density at radius 2 is 2.15 bits per heavy atom. The van der Waals surface area contributed by atoms with Crippen molar-refractivity contribution in [3.05, 3.63) is 35.4 Å². The van der Waals surface area contributed by atoms with E-state index in [1.165, 1.54) is 24.0 Å². The zero-order valence-electron chi connectivity index (χ0n) is 8.12. The molecular weight excluding hydrogens is 160 g/mol. The van der Waals surface area contributed by atoms with Gasteiger partial charge >= 0.3 is 0 Å². The molecule has 2 rings (SSSR count). The smallest absolute Gasteiger partial charge is 0.0534 e. The molecule has 0 aliphatic carbocycles. The van der Waals surface area contributed by atoms with Gasteiger partial charge in [-0.05, 0) is 30.9 Å². The molecule has 1 aliphatic rings. The lowest BCUT2D eigenvalue weighted by atomic mass is 9.90. The van der Waals surface area contributed by atoms with Crippen molar-refractivity contribution in [1.82, 2.24) is 0 Å². The number of hydrogen-bond donors (Lipinski definition) is 0. The maximum atomic E-state index is 5.49. The summed E-state index contributed by atoms with van der Waals surface area (Å²) in [7, 11) is 0. The highest BCUT2D eigenvalue weighted by Crippen LogP contribution is 2.27.